The molecule has 1 saturated heterocycles. The third kappa shape index (κ3) is 5.20. The van der Waals surface area contributed by atoms with E-state index in [1.807, 2.05) is 66.7 Å². The van der Waals surface area contributed by atoms with Crippen molar-refractivity contribution in [3.8, 4) is 11.5 Å². The molecule has 1 fully saturated rings. The van der Waals surface area contributed by atoms with Crippen molar-refractivity contribution < 1.29 is 14.3 Å². The lowest BCUT2D eigenvalue weighted by atomic mass is 10.1. The van der Waals surface area contributed by atoms with Crippen molar-refractivity contribution in [2.75, 3.05) is 7.11 Å². The van der Waals surface area contributed by atoms with Crippen molar-refractivity contribution >= 4 is 56.2 Å². The first kappa shape index (κ1) is 22.5. The van der Waals surface area contributed by atoms with Crippen LogP contribution in [0.4, 0.5) is 0 Å². The third-order valence-electron chi connectivity index (χ3n) is 4.70. The summed E-state index contributed by atoms with van der Waals surface area (Å²) in [6.07, 6.45) is 3.54. The van der Waals surface area contributed by atoms with Crippen molar-refractivity contribution in [1.29, 1.82) is 0 Å². The van der Waals surface area contributed by atoms with Crippen LogP contribution in [0.1, 0.15) is 16.8 Å². The molecule has 0 spiro atoms. The van der Waals surface area contributed by atoms with Gasteiger partial charge in [0.05, 0.1) is 28.7 Å². The number of hydrogen-bond acceptors (Lipinski definition) is 6. The van der Waals surface area contributed by atoms with Crippen LogP contribution >= 0.6 is 39.9 Å². The summed E-state index contributed by atoms with van der Waals surface area (Å²) in [5, 5.41) is 0. The van der Waals surface area contributed by atoms with Crippen LogP contribution in [0, 0.1) is 0 Å². The van der Waals surface area contributed by atoms with Crippen LogP contribution in [0.3, 0.4) is 0 Å². The number of hydrogen-bond donors (Lipinski definition) is 0. The Morgan fingerprint density at radius 1 is 1.16 bits per heavy atom. The number of carbonyl (C=O) groups is 1. The van der Waals surface area contributed by atoms with Gasteiger partial charge in [-0.15, -0.1) is 0 Å². The molecule has 5 nitrogen and oxygen atoms in total. The second kappa shape index (κ2) is 10.3. The molecule has 4 rings (SSSR count). The lowest BCUT2D eigenvalue weighted by molar-refractivity contribution is -0.122. The number of thiocarbonyl (C=S) groups is 1. The maximum Gasteiger partial charge on any atom is 0.266 e. The number of pyridine rings is 1. The summed E-state index contributed by atoms with van der Waals surface area (Å²) in [5.74, 6) is 1.03. The largest absolute Gasteiger partial charge is 0.493 e. The van der Waals surface area contributed by atoms with Crippen LogP contribution in [0.5, 0.6) is 11.5 Å². The molecular weight excluding hydrogens is 508 g/mol. The molecule has 32 heavy (non-hydrogen) atoms. The Bertz CT molecular complexity index is 1170. The molecule has 0 aliphatic carbocycles. The lowest BCUT2D eigenvalue weighted by Gasteiger charge is -2.14. The highest BCUT2D eigenvalue weighted by Crippen LogP contribution is 2.39. The number of ether oxygens (including phenoxy) is 2. The van der Waals surface area contributed by atoms with Crippen LogP contribution in [-0.2, 0) is 17.9 Å². The maximum absolute atomic E-state index is 13.0. The molecule has 162 valence electrons. The van der Waals surface area contributed by atoms with E-state index in [0.29, 0.717) is 33.9 Å². The molecule has 1 aliphatic rings. The van der Waals surface area contributed by atoms with Crippen molar-refractivity contribution in [3.63, 3.8) is 0 Å². The van der Waals surface area contributed by atoms with Gasteiger partial charge in [-0.2, -0.15) is 0 Å². The van der Waals surface area contributed by atoms with E-state index in [0.717, 1.165) is 21.3 Å². The van der Waals surface area contributed by atoms with Gasteiger partial charge in [0, 0.05) is 6.20 Å². The van der Waals surface area contributed by atoms with Crippen LogP contribution < -0.4 is 9.47 Å². The molecule has 0 radical (unpaired) electrons. The Hall–Kier alpha value is -2.68. The maximum atomic E-state index is 13.0. The Balaban J connectivity index is 1.54. The van der Waals surface area contributed by atoms with Crippen LogP contribution in [-0.4, -0.2) is 27.2 Å². The van der Waals surface area contributed by atoms with Crippen LogP contribution in [0.2, 0.25) is 0 Å². The first-order chi connectivity index (χ1) is 15.5. The molecule has 0 unspecified atom stereocenters. The van der Waals surface area contributed by atoms with Gasteiger partial charge in [-0.1, -0.05) is 60.4 Å². The number of amides is 1. The van der Waals surface area contributed by atoms with Gasteiger partial charge in [0.25, 0.3) is 5.91 Å². The molecule has 2 heterocycles. The van der Waals surface area contributed by atoms with E-state index >= 15 is 0 Å². The quantitative estimate of drug-likeness (QED) is 0.285. The Morgan fingerprint density at radius 3 is 2.66 bits per heavy atom. The van der Waals surface area contributed by atoms with Gasteiger partial charge < -0.3 is 9.47 Å². The SMILES string of the molecule is COc1cc(/C=C2\SC(=S)N(Cc3ccccc3)C2=O)cc(Br)c1OCc1ccccn1. The van der Waals surface area contributed by atoms with Gasteiger partial charge in [-0.05, 0) is 57.4 Å². The number of benzene rings is 2. The fraction of sp³-hybridized carbons (Fsp3) is 0.125. The molecule has 2 aromatic carbocycles. The topological polar surface area (TPSA) is 51.7 Å². The van der Waals surface area contributed by atoms with Gasteiger partial charge in [0.2, 0.25) is 0 Å². The van der Waals surface area contributed by atoms with Crippen molar-refractivity contribution in [3.05, 3.63) is 93.1 Å². The molecule has 1 aromatic heterocycles. The summed E-state index contributed by atoms with van der Waals surface area (Å²) in [7, 11) is 1.58. The minimum absolute atomic E-state index is 0.102. The average Bonchev–Trinajstić information content (AvgIpc) is 3.06. The van der Waals surface area contributed by atoms with Gasteiger partial charge in [-0.3, -0.25) is 14.7 Å². The van der Waals surface area contributed by atoms with E-state index in [2.05, 4.69) is 20.9 Å². The molecule has 0 bridgehead atoms. The number of thioether (sulfide) groups is 1. The minimum atomic E-state index is -0.102. The number of halogens is 1. The highest BCUT2D eigenvalue weighted by atomic mass is 79.9. The Kier molecular flexibility index (Phi) is 7.24. The molecule has 1 aliphatic heterocycles. The van der Waals surface area contributed by atoms with E-state index in [-0.39, 0.29) is 5.91 Å². The number of carbonyl (C=O) groups excluding carboxylic acids is 1. The Labute approximate surface area is 204 Å². The number of methoxy groups -OCH3 is 1. The van der Waals surface area contributed by atoms with E-state index in [9.17, 15) is 4.79 Å². The van der Waals surface area contributed by atoms with Crippen molar-refractivity contribution in [2.24, 2.45) is 0 Å². The predicted molar refractivity (Wildman–Crippen MR) is 134 cm³/mol. The molecule has 0 N–H and O–H groups in total. The molecule has 8 heteroatoms. The third-order valence-corrected chi connectivity index (χ3v) is 6.66. The zero-order chi connectivity index (χ0) is 22.5. The summed E-state index contributed by atoms with van der Waals surface area (Å²) in [6, 6.07) is 19.2. The molecule has 3 aromatic rings. The zero-order valence-corrected chi connectivity index (χ0v) is 20.4. The molecule has 0 saturated carbocycles. The smallest absolute Gasteiger partial charge is 0.266 e. The van der Waals surface area contributed by atoms with E-state index in [1.54, 1.807) is 18.2 Å². The fourth-order valence-electron chi connectivity index (χ4n) is 3.15. The highest BCUT2D eigenvalue weighted by Gasteiger charge is 2.32. The monoisotopic (exact) mass is 526 g/mol. The normalized spacial score (nSPS) is 14.8. The second-order valence-electron chi connectivity index (χ2n) is 6.90. The van der Waals surface area contributed by atoms with Crippen molar-refractivity contribution in [1.82, 2.24) is 9.88 Å². The fourth-order valence-corrected chi connectivity index (χ4v) is 4.98. The standard InChI is InChI=1S/C24H19BrN2O3S2/c1-29-20-12-17(11-19(25)22(20)30-15-18-9-5-6-10-26-18)13-21-23(28)27(24(31)32-21)14-16-7-3-2-4-8-16/h2-13H,14-15H2,1H3/b21-13-. The zero-order valence-electron chi connectivity index (χ0n) is 17.2. The van der Waals surface area contributed by atoms with Crippen molar-refractivity contribution in [2.45, 2.75) is 13.2 Å². The number of rotatable bonds is 7. The molecular formula is C24H19BrN2O3S2. The molecule has 1 amide bonds. The summed E-state index contributed by atoms with van der Waals surface area (Å²) in [5.41, 5.74) is 2.65. The average molecular weight is 527 g/mol. The highest BCUT2D eigenvalue weighted by molar-refractivity contribution is 9.10. The first-order valence-corrected chi connectivity index (χ1v) is 11.8. The van der Waals surface area contributed by atoms with Gasteiger partial charge in [0.15, 0.2) is 11.5 Å². The van der Waals surface area contributed by atoms with Gasteiger partial charge in [-0.25, -0.2) is 0 Å². The van der Waals surface area contributed by atoms with E-state index < -0.39 is 0 Å². The number of nitrogens with zero attached hydrogens (tertiary/aromatic N) is 2. The molecule has 0 atom stereocenters. The lowest BCUT2D eigenvalue weighted by Crippen LogP contribution is -2.27. The minimum Gasteiger partial charge on any atom is -0.493 e. The van der Waals surface area contributed by atoms with Gasteiger partial charge in [0.1, 0.15) is 10.9 Å². The van der Waals surface area contributed by atoms with Gasteiger partial charge >= 0.3 is 0 Å². The summed E-state index contributed by atoms with van der Waals surface area (Å²) >= 11 is 10.3. The number of aromatic nitrogens is 1. The summed E-state index contributed by atoms with van der Waals surface area (Å²) in [6.45, 7) is 0.767. The summed E-state index contributed by atoms with van der Waals surface area (Å²) < 4.78 is 12.7. The second-order valence-corrected chi connectivity index (χ2v) is 9.43. The predicted octanol–water partition coefficient (Wildman–Crippen LogP) is 5.83. The first-order valence-electron chi connectivity index (χ1n) is 9.74. The van der Waals surface area contributed by atoms with E-state index in [1.165, 1.54) is 11.8 Å². The van der Waals surface area contributed by atoms with Crippen LogP contribution in [0.15, 0.2) is 76.2 Å². The summed E-state index contributed by atoms with van der Waals surface area (Å²) in [4.78, 5) is 19.4. The van der Waals surface area contributed by atoms with Crippen LogP contribution in [0.25, 0.3) is 6.08 Å². The van der Waals surface area contributed by atoms with E-state index in [4.69, 9.17) is 21.7 Å². The Morgan fingerprint density at radius 2 is 1.94 bits per heavy atom.